The maximum Gasteiger partial charge on any atom is 0.361 e. The number of ether oxygens (including phenoxy) is 2. The minimum atomic E-state index is -0.0647. The molecule has 1 heterocycles. The van der Waals surface area contributed by atoms with E-state index >= 15 is 0 Å². The highest BCUT2D eigenvalue weighted by molar-refractivity contribution is 5.70. The van der Waals surface area contributed by atoms with Gasteiger partial charge in [-0.15, -0.1) is 0 Å². The van der Waals surface area contributed by atoms with E-state index in [1.165, 1.54) is 5.57 Å². The number of carbonyl (C=O) groups is 1. The lowest BCUT2D eigenvalue weighted by Gasteiger charge is -2.37. The monoisotopic (exact) mass is 296 g/mol. The first kappa shape index (κ1) is 16.5. The van der Waals surface area contributed by atoms with Crippen molar-refractivity contribution >= 4 is 5.97 Å². The van der Waals surface area contributed by atoms with Gasteiger partial charge in [-0.05, 0) is 25.2 Å². The van der Waals surface area contributed by atoms with Gasteiger partial charge in [-0.1, -0.05) is 25.5 Å². The number of hydrogen-bond donors (Lipinski definition) is 0. The van der Waals surface area contributed by atoms with Crippen LogP contribution in [0.15, 0.2) is 11.6 Å². The third kappa shape index (κ3) is 4.55. The van der Waals surface area contributed by atoms with Gasteiger partial charge in [0.15, 0.2) is 6.54 Å². The zero-order valence-corrected chi connectivity index (χ0v) is 13.9. The first-order chi connectivity index (χ1) is 9.89. The van der Waals surface area contributed by atoms with Crippen molar-refractivity contribution in [3.05, 3.63) is 11.6 Å². The van der Waals surface area contributed by atoms with Crippen molar-refractivity contribution in [2.75, 3.05) is 46.5 Å². The maximum atomic E-state index is 12.1. The number of allylic oxidation sites excluding steroid dienone is 2. The Hall–Kier alpha value is -0.870. The summed E-state index contributed by atoms with van der Waals surface area (Å²) in [7, 11) is 2.11. The molecule has 4 nitrogen and oxygen atoms in total. The van der Waals surface area contributed by atoms with Gasteiger partial charge in [-0.25, -0.2) is 4.79 Å². The standard InChI is InChI=1S/C17H30NO3/c1-13-9-14(2)16(15(3)10-13)12-21-17(19)11-18(4)5-7-20-8-6-18/h9,14-16H,5-8,10-12H2,1-4H3/q+1/t14-,15-,16+/m0/s1. The SMILES string of the molecule is CC1=C[C@H](C)[C@@H](COC(=O)C[N+]2(C)CCOCC2)[C@@H](C)C1. The predicted molar refractivity (Wildman–Crippen MR) is 82.8 cm³/mol. The van der Waals surface area contributed by atoms with Gasteiger partial charge in [0.25, 0.3) is 0 Å². The van der Waals surface area contributed by atoms with Crippen molar-refractivity contribution in [2.24, 2.45) is 17.8 Å². The Balaban J connectivity index is 1.81. The molecule has 1 fully saturated rings. The topological polar surface area (TPSA) is 35.5 Å². The highest BCUT2D eigenvalue weighted by Crippen LogP contribution is 2.33. The number of nitrogens with zero attached hydrogens (tertiary/aromatic N) is 1. The van der Waals surface area contributed by atoms with Crippen molar-refractivity contribution in [3.8, 4) is 0 Å². The van der Waals surface area contributed by atoms with E-state index in [9.17, 15) is 4.79 Å². The van der Waals surface area contributed by atoms with Crippen LogP contribution in [0.2, 0.25) is 0 Å². The molecule has 4 heteroatoms. The Bertz CT molecular complexity index is 399. The fourth-order valence-electron chi connectivity index (χ4n) is 3.62. The van der Waals surface area contributed by atoms with Crippen LogP contribution in [0, 0.1) is 17.8 Å². The van der Waals surface area contributed by atoms with E-state index in [0.717, 1.165) is 37.2 Å². The van der Waals surface area contributed by atoms with Crippen LogP contribution in [-0.2, 0) is 14.3 Å². The summed E-state index contributed by atoms with van der Waals surface area (Å²) in [5.41, 5.74) is 1.46. The summed E-state index contributed by atoms with van der Waals surface area (Å²) in [6.45, 7) is 11.0. The smallest absolute Gasteiger partial charge is 0.361 e. The summed E-state index contributed by atoms with van der Waals surface area (Å²) < 4.78 is 11.7. The Morgan fingerprint density at radius 1 is 1.38 bits per heavy atom. The van der Waals surface area contributed by atoms with Gasteiger partial charge in [-0.3, -0.25) is 0 Å². The lowest BCUT2D eigenvalue weighted by Crippen LogP contribution is -2.54. The van der Waals surface area contributed by atoms with E-state index in [0.29, 0.717) is 30.9 Å². The molecule has 0 bridgehead atoms. The van der Waals surface area contributed by atoms with E-state index in [2.05, 4.69) is 33.9 Å². The lowest BCUT2D eigenvalue weighted by molar-refractivity contribution is -0.910. The van der Waals surface area contributed by atoms with Crippen molar-refractivity contribution in [3.63, 3.8) is 0 Å². The van der Waals surface area contributed by atoms with E-state index in [1.807, 2.05) is 0 Å². The Morgan fingerprint density at radius 2 is 2.05 bits per heavy atom. The van der Waals surface area contributed by atoms with Crippen LogP contribution < -0.4 is 0 Å². The van der Waals surface area contributed by atoms with E-state index in [4.69, 9.17) is 9.47 Å². The molecule has 0 radical (unpaired) electrons. The third-order valence-corrected chi connectivity index (χ3v) is 5.10. The second-order valence-electron chi connectivity index (χ2n) is 7.24. The molecule has 0 spiro atoms. The zero-order valence-electron chi connectivity index (χ0n) is 13.9. The minimum Gasteiger partial charge on any atom is -0.461 e. The van der Waals surface area contributed by atoms with Gasteiger partial charge in [0, 0.05) is 5.92 Å². The Morgan fingerprint density at radius 3 is 2.67 bits per heavy atom. The molecular formula is C17H30NO3+. The molecule has 0 amide bonds. The molecule has 0 aromatic carbocycles. The molecule has 0 N–H and O–H groups in total. The largest absolute Gasteiger partial charge is 0.461 e. The molecule has 2 rings (SSSR count). The average Bonchev–Trinajstić information content (AvgIpc) is 2.37. The first-order valence-corrected chi connectivity index (χ1v) is 8.14. The molecule has 21 heavy (non-hydrogen) atoms. The number of rotatable bonds is 4. The molecule has 0 saturated carbocycles. The van der Waals surface area contributed by atoms with Crippen LogP contribution >= 0.6 is 0 Å². The second-order valence-corrected chi connectivity index (χ2v) is 7.24. The van der Waals surface area contributed by atoms with Gasteiger partial charge in [-0.2, -0.15) is 0 Å². The Kier molecular flexibility index (Phi) is 5.44. The summed E-state index contributed by atoms with van der Waals surface area (Å²) in [6.07, 6.45) is 3.45. The molecule has 0 unspecified atom stereocenters. The summed E-state index contributed by atoms with van der Waals surface area (Å²) in [4.78, 5) is 12.1. The van der Waals surface area contributed by atoms with Crippen LogP contribution in [-0.4, -0.2) is 57.0 Å². The number of morpholine rings is 1. The van der Waals surface area contributed by atoms with Crippen LogP contribution in [0.5, 0.6) is 0 Å². The van der Waals surface area contributed by atoms with Crippen molar-refractivity contribution < 1.29 is 18.8 Å². The molecular weight excluding hydrogens is 266 g/mol. The average molecular weight is 296 g/mol. The molecule has 120 valence electrons. The molecule has 1 saturated heterocycles. The van der Waals surface area contributed by atoms with Crippen molar-refractivity contribution in [1.29, 1.82) is 0 Å². The van der Waals surface area contributed by atoms with Crippen LogP contribution in [0.1, 0.15) is 27.2 Å². The van der Waals surface area contributed by atoms with Gasteiger partial charge >= 0.3 is 5.97 Å². The maximum absolute atomic E-state index is 12.1. The predicted octanol–water partition coefficient (Wildman–Crippen LogP) is 2.24. The number of likely N-dealkylation sites (N-methyl/N-ethyl adjacent to an activating group) is 1. The summed E-state index contributed by atoms with van der Waals surface area (Å²) in [5, 5.41) is 0. The zero-order chi connectivity index (χ0) is 15.5. The first-order valence-electron chi connectivity index (χ1n) is 8.14. The lowest BCUT2D eigenvalue weighted by atomic mass is 9.75. The number of esters is 1. The molecule has 3 atom stereocenters. The van der Waals surface area contributed by atoms with Crippen molar-refractivity contribution in [1.82, 2.24) is 0 Å². The molecule has 0 aromatic heterocycles. The van der Waals surface area contributed by atoms with Gasteiger partial charge in [0.2, 0.25) is 0 Å². The normalized spacial score (nSPS) is 32.4. The quantitative estimate of drug-likeness (QED) is 0.453. The summed E-state index contributed by atoms with van der Waals surface area (Å²) >= 11 is 0. The number of carbonyl (C=O) groups excluding carboxylic acids is 1. The van der Waals surface area contributed by atoms with Crippen molar-refractivity contribution in [2.45, 2.75) is 27.2 Å². The molecule has 1 aliphatic carbocycles. The Labute approximate surface area is 128 Å². The van der Waals surface area contributed by atoms with Crippen LogP contribution in [0.25, 0.3) is 0 Å². The van der Waals surface area contributed by atoms with Crippen LogP contribution in [0.3, 0.4) is 0 Å². The van der Waals surface area contributed by atoms with Crippen LogP contribution in [0.4, 0.5) is 0 Å². The van der Waals surface area contributed by atoms with E-state index in [1.54, 1.807) is 0 Å². The molecule has 2 aliphatic rings. The fourth-order valence-corrected chi connectivity index (χ4v) is 3.62. The van der Waals surface area contributed by atoms with E-state index in [-0.39, 0.29) is 5.97 Å². The highest BCUT2D eigenvalue weighted by Gasteiger charge is 2.31. The number of quaternary nitrogens is 1. The molecule has 0 aromatic rings. The summed E-state index contributed by atoms with van der Waals surface area (Å²) in [6, 6.07) is 0. The van der Waals surface area contributed by atoms with E-state index < -0.39 is 0 Å². The second kappa shape index (κ2) is 6.93. The van der Waals surface area contributed by atoms with Gasteiger partial charge in [0.05, 0.1) is 26.9 Å². The number of hydrogen-bond acceptors (Lipinski definition) is 3. The summed E-state index contributed by atoms with van der Waals surface area (Å²) in [5.74, 6) is 1.47. The fraction of sp³-hybridized carbons (Fsp3) is 0.824. The molecule has 1 aliphatic heterocycles. The van der Waals surface area contributed by atoms with Gasteiger partial charge in [0.1, 0.15) is 13.1 Å². The van der Waals surface area contributed by atoms with Gasteiger partial charge < -0.3 is 14.0 Å². The minimum absolute atomic E-state index is 0.0647. The third-order valence-electron chi connectivity index (χ3n) is 5.10. The highest BCUT2D eigenvalue weighted by atomic mass is 16.5.